The Kier molecular flexibility index (Phi) is 12.5. The summed E-state index contributed by atoms with van der Waals surface area (Å²) in [5.74, 6) is -0.785. The van der Waals surface area contributed by atoms with Crippen molar-refractivity contribution >= 4 is 40.9 Å². The summed E-state index contributed by atoms with van der Waals surface area (Å²) in [6.07, 6.45) is 0.412. The fraction of sp³-hybridized carbons (Fsp3) is 0.282. The summed E-state index contributed by atoms with van der Waals surface area (Å²) in [7, 11) is 0. The van der Waals surface area contributed by atoms with Crippen LogP contribution in [0.3, 0.4) is 0 Å². The first kappa shape index (κ1) is 36.2. The average molecular weight is 666 g/mol. The molecule has 0 saturated carbocycles. The molecule has 0 bridgehead atoms. The number of amides is 3. The minimum absolute atomic E-state index is 0.0655. The van der Waals surface area contributed by atoms with Crippen molar-refractivity contribution in [3.05, 3.63) is 119 Å². The predicted molar refractivity (Wildman–Crippen MR) is 190 cm³/mol. The number of hydrogen-bond acceptors (Lipinski definition) is 7. The van der Waals surface area contributed by atoms with Crippen LogP contribution in [0.5, 0.6) is 5.75 Å². The van der Waals surface area contributed by atoms with Gasteiger partial charge in [-0.05, 0) is 99.2 Å². The van der Waals surface area contributed by atoms with Crippen molar-refractivity contribution in [3.63, 3.8) is 0 Å². The molecular weight excluding hydrogens is 622 g/mol. The zero-order valence-electron chi connectivity index (χ0n) is 28.6. The van der Waals surface area contributed by atoms with E-state index in [4.69, 9.17) is 14.2 Å². The Bertz CT molecular complexity index is 1740. The van der Waals surface area contributed by atoms with Gasteiger partial charge < -0.3 is 30.2 Å². The van der Waals surface area contributed by atoms with Crippen LogP contribution in [-0.2, 0) is 43.3 Å². The lowest BCUT2D eigenvalue weighted by Crippen LogP contribution is -2.27. The van der Waals surface area contributed by atoms with Crippen LogP contribution in [0, 0.1) is 13.8 Å². The molecule has 0 aliphatic carbocycles. The number of anilines is 3. The molecule has 0 atom stereocenters. The summed E-state index contributed by atoms with van der Waals surface area (Å²) in [5.41, 5.74) is 5.37. The highest BCUT2D eigenvalue weighted by Crippen LogP contribution is 2.26. The van der Waals surface area contributed by atoms with E-state index in [-0.39, 0.29) is 44.4 Å². The highest BCUT2D eigenvalue weighted by Gasteiger charge is 2.18. The topological polar surface area (TPSA) is 132 Å². The summed E-state index contributed by atoms with van der Waals surface area (Å²) in [5, 5.41) is 8.60. The quantitative estimate of drug-likeness (QED) is 0.126. The van der Waals surface area contributed by atoms with Gasteiger partial charge in [-0.25, -0.2) is 9.59 Å². The Morgan fingerprint density at radius 3 is 2.04 bits per heavy atom. The zero-order chi connectivity index (χ0) is 35.4. The first-order valence-corrected chi connectivity index (χ1v) is 16.0. The lowest BCUT2D eigenvalue weighted by atomic mass is 10.1. The number of rotatable bonds is 13. The van der Waals surface area contributed by atoms with E-state index in [0.29, 0.717) is 22.7 Å². The van der Waals surface area contributed by atoms with Crippen LogP contribution < -0.4 is 20.7 Å². The summed E-state index contributed by atoms with van der Waals surface area (Å²) < 4.78 is 16.5. The molecule has 256 valence electrons. The SMILES string of the molecule is Cc1cccc(C)c1NC(=O)Nc1ccc(CC(=O)Nc2ccc(OCC(=O)OC(C)(C)C)c(CCC(=O)OCc3ccccc3)c2)cc1. The van der Waals surface area contributed by atoms with Crippen molar-refractivity contribution in [1.82, 2.24) is 0 Å². The van der Waals surface area contributed by atoms with E-state index >= 15 is 0 Å². The fourth-order valence-corrected chi connectivity index (χ4v) is 4.93. The van der Waals surface area contributed by atoms with Gasteiger partial charge in [-0.2, -0.15) is 0 Å². The lowest BCUT2D eigenvalue weighted by molar-refractivity contribution is -0.157. The molecule has 0 saturated heterocycles. The molecule has 4 aromatic rings. The number of ether oxygens (including phenoxy) is 3. The molecule has 0 radical (unpaired) electrons. The van der Waals surface area contributed by atoms with Gasteiger partial charge in [0, 0.05) is 23.5 Å². The highest BCUT2D eigenvalue weighted by atomic mass is 16.6. The van der Waals surface area contributed by atoms with Gasteiger partial charge in [0.25, 0.3) is 0 Å². The van der Waals surface area contributed by atoms with E-state index in [1.165, 1.54) is 0 Å². The molecule has 0 unspecified atom stereocenters. The van der Waals surface area contributed by atoms with Gasteiger partial charge in [0.2, 0.25) is 5.91 Å². The van der Waals surface area contributed by atoms with Crippen molar-refractivity contribution in [2.75, 3.05) is 22.6 Å². The fourth-order valence-electron chi connectivity index (χ4n) is 4.93. The molecule has 4 rings (SSSR count). The molecule has 0 fully saturated rings. The second kappa shape index (κ2) is 17.0. The second-order valence-electron chi connectivity index (χ2n) is 12.6. The van der Waals surface area contributed by atoms with Gasteiger partial charge in [-0.3, -0.25) is 9.59 Å². The number of carbonyl (C=O) groups excluding carboxylic acids is 4. The van der Waals surface area contributed by atoms with Crippen molar-refractivity contribution in [1.29, 1.82) is 0 Å². The number of nitrogens with one attached hydrogen (secondary N) is 3. The Labute approximate surface area is 287 Å². The van der Waals surface area contributed by atoms with Crippen LogP contribution in [0.15, 0.2) is 91.0 Å². The van der Waals surface area contributed by atoms with Crippen molar-refractivity contribution in [2.24, 2.45) is 0 Å². The summed E-state index contributed by atoms with van der Waals surface area (Å²) in [6.45, 7) is 9.03. The highest BCUT2D eigenvalue weighted by molar-refractivity contribution is 6.00. The number of hydrogen-bond donors (Lipinski definition) is 3. The van der Waals surface area contributed by atoms with Crippen LogP contribution in [0.25, 0.3) is 0 Å². The maximum absolute atomic E-state index is 13.0. The molecule has 0 aromatic heterocycles. The standard InChI is InChI=1S/C39H43N3O7/c1-26-10-9-11-27(2)37(26)42-38(46)41-31-17-14-28(15-18-31)22-34(43)40-32-19-20-33(47-25-36(45)49-39(3,4)5)30(23-32)16-21-35(44)48-24-29-12-7-6-8-13-29/h6-15,17-20,23H,16,21-22,24-25H2,1-5H3,(H,40,43)(H2,41,42,46). The molecule has 0 heterocycles. The molecule has 0 aliphatic rings. The smallest absolute Gasteiger partial charge is 0.344 e. The zero-order valence-corrected chi connectivity index (χ0v) is 28.6. The number of benzene rings is 4. The number of esters is 2. The Balaban J connectivity index is 1.35. The van der Waals surface area contributed by atoms with Crippen molar-refractivity contribution < 1.29 is 33.4 Å². The Morgan fingerprint density at radius 2 is 1.37 bits per heavy atom. The largest absolute Gasteiger partial charge is 0.482 e. The maximum Gasteiger partial charge on any atom is 0.344 e. The Morgan fingerprint density at radius 1 is 0.694 bits per heavy atom. The number of carbonyl (C=O) groups is 4. The normalized spacial score (nSPS) is 10.9. The molecule has 3 N–H and O–H groups in total. The minimum atomic E-state index is -0.661. The van der Waals surface area contributed by atoms with Crippen LogP contribution >= 0.6 is 0 Å². The third kappa shape index (κ3) is 12.2. The number of aryl methyl sites for hydroxylation is 3. The monoisotopic (exact) mass is 665 g/mol. The maximum atomic E-state index is 13.0. The number of urea groups is 1. The molecule has 3 amide bonds. The Hall–Kier alpha value is -5.64. The molecule has 0 aliphatic heterocycles. The van der Waals surface area contributed by atoms with Crippen molar-refractivity contribution in [2.45, 2.75) is 66.1 Å². The molecule has 49 heavy (non-hydrogen) atoms. The second-order valence-corrected chi connectivity index (χ2v) is 12.6. The van der Waals surface area contributed by atoms with E-state index in [2.05, 4.69) is 16.0 Å². The van der Waals surface area contributed by atoms with Gasteiger partial charge in [0.05, 0.1) is 6.42 Å². The molecule has 0 spiro atoms. The molecule has 10 nitrogen and oxygen atoms in total. The summed E-state index contributed by atoms with van der Waals surface area (Å²) in [6, 6.07) is 26.9. The average Bonchev–Trinajstić information content (AvgIpc) is 3.04. The van der Waals surface area contributed by atoms with E-state index in [1.54, 1.807) is 63.2 Å². The first-order valence-electron chi connectivity index (χ1n) is 16.0. The van der Waals surface area contributed by atoms with E-state index in [1.807, 2.05) is 62.4 Å². The van der Waals surface area contributed by atoms with Crippen LogP contribution in [-0.4, -0.2) is 36.1 Å². The van der Waals surface area contributed by atoms with Crippen LogP contribution in [0.2, 0.25) is 0 Å². The summed E-state index contributed by atoms with van der Waals surface area (Å²) in [4.78, 5) is 50.4. The predicted octanol–water partition coefficient (Wildman–Crippen LogP) is 7.53. The third-order valence-corrected chi connectivity index (χ3v) is 7.25. The van der Waals surface area contributed by atoms with E-state index in [9.17, 15) is 19.2 Å². The third-order valence-electron chi connectivity index (χ3n) is 7.25. The van der Waals surface area contributed by atoms with Gasteiger partial charge in [-0.15, -0.1) is 0 Å². The molecule has 4 aromatic carbocycles. The molecule has 10 heteroatoms. The summed E-state index contributed by atoms with van der Waals surface area (Å²) >= 11 is 0. The molecular formula is C39H43N3O7. The number of para-hydroxylation sites is 1. The van der Waals surface area contributed by atoms with Crippen LogP contribution in [0.1, 0.15) is 55.0 Å². The van der Waals surface area contributed by atoms with E-state index < -0.39 is 17.5 Å². The van der Waals surface area contributed by atoms with Gasteiger partial charge in [-0.1, -0.05) is 60.7 Å². The van der Waals surface area contributed by atoms with Gasteiger partial charge in [0.1, 0.15) is 18.0 Å². The minimum Gasteiger partial charge on any atom is -0.482 e. The first-order chi connectivity index (χ1) is 23.3. The lowest BCUT2D eigenvalue weighted by Gasteiger charge is -2.20. The van der Waals surface area contributed by atoms with E-state index in [0.717, 1.165) is 27.9 Å². The van der Waals surface area contributed by atoms with Crippen molar-refractivity contribution in [3.8, 4) is 5.75 Å². The van der Waals surface area contributed by atoms with Gasteiger partial charge in [0.15, 0.2) is 6.61 Å². The van der Waals surface area contributed by atoms with Gasteiger partial charge >= 0.3 is 18.0 Å². The van der Waals surface area contributed by atoms with Crippen LogP contribution in [0.4, 0.5) is 21.9 Å².